The third kappa shape index (κ3) is 2.48. The summed E-state index contributed by atoms with van der Waals surface area (Å²) in [6.07, 6.45) is 3.19. The van der Waals surface area contributed by atoms with Crippen molar-refractivity contribution in [2.75, 3.05) is 0 Å². The molecule has 124 valence electrons. The normalized spacial score (nSPS) is 11.1. The highest BCUT2D eigenvalue weighted by atomic mass is 19.1. The summed E-state index contributed by atoms with van der Waals surface area (Å²) < 4.78 is 21.6. The number of rotatable bonds is 3. The molecular weight excluding hydrogens is 323 g/mol. The lowest BCUT2D eigenvalue weighted by molar-refractivity contribution is 0.0697. The molecule has 0 bridgehead atoms. The molecule has 2 heterocycles. The van der Waals surface area contributed by atoms with Gasteiger partial charge >= 0.3 is 5.97 Å². The highest BCUT2D eigenvalue weighted by molar-refractivity contribution is 5.88. The van der Waals surface area contributed by atoms with Gasteiger partial charge in [-0.15, -0.1) is 0 Å². The fourth-order valence-electron chi connectivity index (χ4n) is 2.78. The number of benzene rings is 2. The second kappa shape index (κ2) is 5.59. The Labute approximate surface area is 142 Å². The topological polar surface area (TPSA) is 67.7 Å². The minimum Gasteiger partial charge on any atom is -0.478 e. The largest absolute Gasteiger partial charge is 0.478 e. The predicted octanol–water partition coefficient (Wildman–Crippen LogP) is 4.41. The number of fused-ring (bicyclic) bond motifs is 1. The lowest BCUT2D eigenvalue weighted by Gasteiger charge is -2.01. The first-order valence-corrected chi connectivity index (χ1v) is 7.60. The van der Waals surface area contributed by atoms with E-state index in [-0.39, 0.29) is 11.4 Å². The highest BCUT2D eigenvalue weighted by Gasteiger charge is 2.19. The first-order chi connectivity index (χ1) is 12.0. The fraction of sp³-hybridized carbons (Fsp3) is 0.0526. The molecule has 1 N–H and O–H groups in total. The number of carboxylic acid groups (broad SMARTS) is 1. The average Bonchev–Trinajstić information content (AvgIpc) is 3.18. The Morgan fingerprint density at radius 1 is 1.20 bits per heavy atom. The molecular formula is C19H13FN2O3. The second-order valence-corrected chi connectivity index (χ2v) is 5.73. The predicted molar refractivity (Wildman–Crippen MR) is 90.0 cm³/mol. The molecule has 0 saturated carbocycles. The van der Waals surface area contributed by atoms with Crippen molar-refractivity contribution in [1.82, 2.24) is 9.38 Å². The zero-order chi connectivity index (χ0) is 17.6. The van der Waals surface area contributed by atoms with Crippen LogP contribution in [0.25, 0.3) is 28.4 Å². The van der Waals surface area contributed by atoms with Gasteiger partial charge in [0.2, 0.25) is 5.71 Å². The number of imidazole rings is 1. The minimum absolute atomic E-state index is 0.188. The van der Waals surface area contributed by atoms with Gasteiger partial charge in [0.25, 0.3) is 0 Å². The molecule has 0 unspecified atom stereocenters. The van der Waals surface area contributed by atoms with Gasteiger partial charge < -0.3 is 9.52 Å². The van der Waals surface area contributed by atoms with E-state index in [0.29, 0.717) is 28.4 Å². The van der Waals surface area contributed by atoms with Gasteiger partial charge in [0, 0.05) is 17.3 Å². The Balaban J connectivity index is 1.89. The van der Waals surface area contributed by atoms with E-state index >= 15 is 0 Å². The van der Waals surface area contributed by atoms with Crippen molar-refractivity contribution >= 4 is 11.7 Å². The Morgan fingerprint density at radius 3 is 2.64 bits per heavy atom. The van der Waals surface area contributed by atoms with E-state index in [0.717, 1.165) is 5.56 Å². The van der Waals surface area contributed by atoms with Gasteiger partial charge in [-0.2, -0.15) is 0 Å². The quantitative estimate of drug-likeness (QED) is 0.602. The van der Waals surface area contributed by atoms with Crippen LogP contribution < -0.4 is 0 Å². The summed E-state index contributed by atoms with van der Waals surface area (Å²) in [6.45, 7) is 1.82. The number of carbonyl (C=O) groups is 1. The lowest BCUT2D eigenvalue weighted by atomic mass is 10.1. The second-order valence-electron chi connectivity index (χ2n) is 5.73. The van der Waals surface area contributed by atoms with Gasteiger partial charge in [-0.3, -0.25) is 4.40 Å². The van der Waals surface area contributed by atoms with Gasteiger partial charge in [-0.1, -0.05) is 18.2 Å². The van der Waals surface area contributed by atoms with Crippen LogP contribution in [0.5, 0.6) is 0 Å². The molecule has 4 aromatic rings. The third-order valence-corrected chi connectivity index (χ3v) is 4.03. The molecule has 4 rings (SSSR count). The molecule has 0 aliphatic heterocycles. The molecule has 0 spiro atoms. The number of hydrogen-bond acceptors (Lipinski definition) is 3. The molecule has 5 nitrogen and oxygen atoms in total. The van der Waals surface area contributed by atoms with Crippen LogP contribution in [-0.2, 0) is 0 Å². The molecule has 0 saturated heterocycles. The molecule has 2 aromatic heterocycles. The van der Waals surface area contributed by atoms with E-state index in [1.807, 2.05) is 13.0 Å². The van der Waals surface area contributed by atoms with Crippen molar-refractivity contribution in [2.24, 2.45) is 0 Å². The van der Waals surface area contributed by atoms with Crippen LogP contribution in [0.15, 0.2) is 59.3 Å². The van der Waals surface area contributed by atoms with Gasteiger partial charge in [-0.25, -0.2) is 14.2 Å². The Kier molecular flexibility index (Phi) is 3.39. The van der Waals surface area contributed by atoms with E-state index in [2.05, 4.69) is 4.98 Å². The van der Waals surface area contributed by atoms with Crippen LogP contribution in [0.1, 0.15) is 15.9 Å². The molecule has 0 atom stereocenters. The molecule has 0 aliphatic rings. The molecule has 25 heavy (non-hydrogen) atoms. The number of aryl methyl sites for hydroxylation is 1. The van der Waals surface area contributed by atoms with Crippen LogP contribution in [0.3, 0.4) is 0 Å². The van der Waals surface area contributed by atoms with Crippen LogP contribution in [0.2, 0.25) is 0 Å². The van der Waals surface area contributed by atoms with Gasteiger partial charge in [-0.05, 0) is 36.8 Å². The highest BCUT2D eigenvalue weighted by Crippen LogP contribution is 2.32. The summed E-state index contributed by atoms with van der Waals surface area (Å²) in [6, 6.07) is 11.3. The number of carboxylic acids is 1. The molecule has 6 heteroatoms. The maximum absolute atomic E-state index is 14.4. The average molecular weight is 336 g/mol. The summed E-state index contributed by atoms with van der Waals surface area (Å²) in [4.78, 5) is 15.5. The molecule has 0 aliphatic carbocycles. The number of oxazole rings is 1. The summed E-state index contributed by atoms with van der Waals surface area (Å²) in [7, 11) is 0. The summed E-state index contributed by atoms with van der Waals surface area (Å²) >= 11 is 0. The number of nitrogens with zero attached hydrogens (tertiary/aromatic N) is 2. The smallest absolute Gasteiger partial charge is 0.335 e. The van der Waals surface area contributed by atoms with E-state index in [4.69, 9.17) is 9.52 Å². The fourth-order valence-corrected chi connectivity index (χ4v) is 2.78. The van der Waals surface area contributed by atoms with Crippen molar-refractivity contribution in [1.29, 1.82) is 0 Å². The first-order valence-electron chi connectivity index (χ1n) is 7.60. The summed E-state index contributed by atoms with van der Waals surface area (Å²) in [5, 5.41) is 9.01. The zero-order valence-corrected chi connectivity index (χ0v) is 13.2. The maximum Gasteiger partial charge on any atom is 0.335 e. The molecule has 2 aromatic carbocycles. The number of aromatic carboxylic acids is 1. The van der Waals surface area contributed by atoms with E-state index in [1.54, 1.807) is 28.8 Å². The van der Waals surface area contributed by atoms with Gasteiger partial charge in [0.15, 0.2) is 0 Å². The van der Waals surface area contributed by atoms with E-state index in [1.165, 1.54) is 24.5 Å². The number of halogens is 1. The Morgan fingerprint density at radius 2 is 1.96 bits per heavy atom. The standard InChI is InChI=1S/C19H13FN2O3/c1-11-2-7-14(15(20)10-11)16-18-22(8-9-25-18)17(21-16)12-3-5-13(6-4-12)19(23)24/h2-10H,1H3,(H,23,24). The zero-order valence-electron chi connectivity index (χ0n) is 13.2. The number of hydrogen-bond donors (Lipinski definition) is 1. The summed E-state index contributed by atoms with van der Waals surface area (Å²) in [5.41, 5.74) is 2.90. The third-order valence-electron chi connectivity index (χ3n) is 4.03. The minimum atomic E-state index is -0.995. The van der Waals surface area contributed by atoms with Crippen LogP contribution in [-0.4, -0.2) is 20.5 Å². The van der Waals surface area contributed by atoms with Crippen molar-refractivity contribution in [3.8, 4) is 22.6 Å². The molecule has 0 amide bonds. The SMILES string of the molecule is Cc1ccc(-c2nc(-c3ccc(C(=O)O)cc3)n3ccoc23)c(F)c1. The Bertz CT molecular complexity index is 1090. The van der Waals surface area contributed by atoms with E-state index < -0.39 is 5.97 Å². The van der Waals surface area contributed by atoms with Gasteiger partial charge in [0.05, 0.1) is 5.56 Å². The van der Waals surface area contributed by atoms with Crippen LogP contribution in [0, 0.1) is 12.7 Å². The first kappa shape index (κ1) is 15.1. The molecule has 0 radical (unpaired) electrons. The Hall–Kier alpha value is -3.41. The van der Waals surface area contributed by atoms with Crippen LogP contribution in [0.4, 0.5) is 4.39 Å². The van der Waals surface area contributed by atoms with E-state index in [9.17, 15) is 9.18 Å². The molecule has 0 fully saturated rings. The van der Waals surface area contributed by atoms with Crippen molar-refractivity contribution in [3.05, 3.63) is 71.9 Å². The maximum atomic E-state index is 14.4. The van der Waals surface area contributed by atoms with Crippen molar-refractivity contribution < 1.29 is 18.7 Å². The van der Waals surface area contributed by atoms with Gasteiger partial charge in [0.1, 0.15) is 23.6 Å². The van der Waals surface area contributed by atoms with Crippen molar-refractivity contribution in [2.45, 2.75) is 6.92 Å². The lowest BCUT2D eigenvalue weighted by Crippen LogP contribution is -1.95. The monoisotopic (exact) mass is 336 g/mol. The number of aromatic nitrogens is 2. The summed E-state index contributed by atoms with van der Waals surface area (Å²) in [5.74, 6) is -0.814. The van der Waals surface area contributed by atoms with Crippen molar-refractivity contribution in [3.63, 3.8) is 0 Å². The van der Waals surface area contributed by atoms with Crippen LogP contribution >= 0.6 is 0 Å².